The Labute approximate surface area is 160 Å². The van der Waals surface area contributed by atoms with Gasteiger partial charge in [0.1, 0.15) is 17.5 Å². The zero-order chi connectivity index (χ0) is 19.9. The van der Waals surface area contributed by atoms with Crippen molar-refractivity contribution in [3.63, 3.8) is 0 Å². The molecule has 2 rings (SSSR count). The van der Waals surface area contributed by atoms with E-state index in [4.69, 9.17) is 27.6 Å². The molecule has 0 aromatic heterocycles. The van der Waals surface area contributed by atoms with Gasteiger partial charge in [0.05, 0.1) is 11.6 Å². The van der Waals surface area contributed by atoms with Crippen LogP contribution in [0.1, 0.15) is 48.5 Å². The number of ether oxygens (including phenoxy) is 2. The Morgan fingerprint density at radius 3 is 2.27 bits per heavy atom. The summed E-state index contributed by atoms with van der Waals surface area (Å²) in [6.07, 6.45) is -0.559. The highest BCUT2D eigenvalue weighted by Gasteiger charge is 2.64. The molecule has 26 heavy (non-hydrogen) atoms. The summed E-state index contributed by atoms with van der Waals surface area (Å²) in [5.41, 5.74) is -0.744. The minimum absolute atomic E-state index is 0.104. The van der Waals surface area contributed by atoms with Gasteiger partial charge < -0.3 is 14.8 Å². The third kappa shape index (κ3) is 3.91. The van der Waals surface area contributed by atoms with Gasteiger partial charge in [-0.2, -0.15) is 0 Å². The van der Waals surface area contributed by atoms with E-state index in [9.17, 15) is 4.79 Å². The lowest BCUT2D eigenvalue weighted by Gasteiger charge is -2.62. The molecule has 0 heterocycles. The molecule has 0 unspecified atom stereocenters. The van der Waals surface area contributed by atoms with E-state index in [0.29, 0.717) is 16.5 Å². The highest BCUT2D eigenvalue weighted by Crippen LogP contribution is 2.55. The van der Waals surface area contributed by atoms with Crippen LogP contribution >= 0.6 is 11.6 Å². The summed E-state index contributed by atoms with van der Waals surface area (Å²) >= 11 is 6.11. The summed E-state index contributed by atoms with van der Waals surface area (Å²) < 4.78 is 11.6. The van der Waals surface area contributed by atoms with Gasteiger partial charge in [-0.25, -0.2) is 9.64 Å². The fourth-order valence-electron chi connectivity index (χ4n) is 4.01. The maximum Gasteiger partial charge on any atom is 0.407 e. The van der Waals surface area contributed by atoms with Crippen molar-refractivity contribution in [1.29, 1.82) is 0 Å². The number of hydrogen-bond donors (Lipinski definition) is 1. The summed E-state index contributed by atoms with van der Waals surface area (Å²) in [4.78, 5) is 15.6. The van der Waals surface area contributed by atoms with Crippen molar-refractivity contribution in [3.8, 4) is 5.75 Å². The lowest BCUT2D eigenvalue weighted by atomic mass is 9.49. The molecule has 1 aromatic carbocycles. The summed E-state index contributed by atoms with van der Waals surface area (Å²) in [7, 11) is 0. The van der Waals surface area contributed by atoms with Crippen LogP contribution in [0.4, 0.5) is 10.5 Å². The van der Waals surface area contributed by atoms with E-state index in [-0.39, 0.29) is 23.0 Å². The third-order valence-electron chi connectivity index (χ3n) is 4.79. The second kappa shape index (κ2) is 6.66. The first kappa shape index (κ1) is 20.4. The molecule has 0 bridgehead atoms. The average molecular weight is 379 g/mol. The largest absolute Gasteiger partial charge is 0.489 e. The number of alkyl carbamates (subject to hydrolysis) is 1. The van der Waals surface area contributed by atoms with E-state index in [0.717, 1.165) is 0 Å². The number of nitrogens with one attached hydrogen (secondary N) is 1. The van der Waals surface area contributed by atoms with Crippen LogP contribution in [-0.4, -0.2) is 23.8 Å². The average Bonchev–Trinajstić information content (AvgIpc) is 2.48. The van der Waals surface area contributed by atoms with E-state index in [2.05, 4.69) is 37.9 Å². The van der Waals surface area contributed by atoms with Crippen LogP contribution in [0.25, 0.3) is 4.85 Å². The Morgan fingerprint density at radius 2 is 1.81 bits per heavy atom. The molecule has 1 fully saturated rings. The highest BCUT2D eigenvalue weighted by molar-refractivity contribution is 6.33. The minimum atomic E-state index is -0.542. The van der Waals surface area contributed by atoms with Crippen LogP contribution in [0.3, 0.4) is 0 Å². The molecule has 1 saturated carbocycles. The Hall–Kier alpha value is -1.93. The second-order valence-electron chi connectivity index (χ2n) is 8.94. The van der Waals surface area contributed by atoms with E-state index in [1.54, 1.807) is 18.2 Å². The number of amides is 1. The van der Waals surface area contributed by atoms with Crippen LogP contribution in [0.5, 0.6) is 5.75 Å². The maximum atomic E-state index is 12.2. The van der Waals surface area contributed by atoms with Gasteiger partial charge in [-0.3, -0.25) is 0 Å². The number of carbonyl (C=O) groups is 1. The first-order valence-corrected chi connectivity index (χ1v) is 9.00. The fraction of sp³-hybridized carbons (Fsp3) is 0.600. The molecule has 1 amide bonds. The van der Waals surface area contributed by atoms with Crippen molar-refractivity contribution >= 4 is 23.4 Å². The quantitative estimate of drug-likeness (QED) is 0.696. The number of rotatable bonds is 3. The predicted molar refractivity (Wildman–Crippen MR) is 103 cm³/mol. The van der Waals surface area contributed by atoms with Crippen molar-refractivity contribution < 1.29 is 14.3 Å². The number of hydrogen-bond acceptors (Lipinski definition) is 3. The Bertz CT molecular complexity index is 728. The van der Waals surface area contributed by atoms with Gasteiger partial charge in [-0.05, 0) is 32.9 Å². The topological polar surface area (TPSA) is 51.9 Å². The van der Waals surface area contributed by atoms with Crippen LogP contribution in [0, 0.1) is 17.4 Å². The number of nitrogens with zero attached hydrogens (tertiary/aromatic N) is 1. The SMILES string of the molecule is [C-]#[N+]c1ccc(OC2C(C)(C)C(NC(=O)OC(C)(C)C)C2(C)C)cc1Cl. The Balaban J connectivity index is 2.14. The van der Waals surface area contributed by atoms with Crippen molar-refractivity contribution in [2.24, 2.45) is 10.8 Å². The van der Waals surface area contributed by atoms with Crippen molar-refractivity contribution in [1.82, 2.24) is 5.32 Å². The van der Waals surface area contributed by atoms with Crippen molar-refractivity contribution in [3.05, 3.63) is 34.6 Å². The standard InChI is InChI=1S/C20H27ClN2O3/c1-18(2,3)26-17(24)23-15-19(4,5)16(20(15,6)7)25-12-9-10-14(22-8)13(21)11-12/h9-11,15-16H,1-7H3,(H,23,24). The lowest BCUT2D eigenvalue weighted by molar-refractivity contribution is -0.166. The highest BCUT2D eigenvalue weighted by atomic mass is 35.5. The molecule has 0 spiro atoms. The molecule has 1 aromatic rings. The first-order valence-electron chi connectivity index (χ1n) is 8.62. The molecule has 5 nitrogen and oxygen atoms in total. The van der Waals surface area contributed by atoms with E-state index >= 15 is 0 Å². The Kier molecular flexibility index (Phi) is 5.22. The molecule has 142 valence electrons. The normalized spacial score (nSPS) is 23.3. The molecule has 1 aliphatic carbocycles. The molecule has 0 atom stereocenters. The first-order chi connectivity index (χ1) is 11.8. The molecule has 0 saturated heterocycles. The molecule has 1 N–H and O–H groups in total. The van der Waals surface area contributed by atoms with Gasteiger partial charge in [0.25, 0.3) is 0 Å². The smallest absolute Gasteiger partial charge is 0.407 e. The second-order valence-corrected chi connectivity index (χ2v) is 9.35. The monoisotopic (exact) mass is 378 g/mol. The van der Waals surface area contributed by atoms with Crippen LogP contribution in [0.15, 0.2) is 18.2 Å². The Morgan fingerprint density at radius 1 is 1.23 bits per heavy atom. The number of halogens is 1. The van der Waals surface area contributed by atoms with Crippen LogP contribution < -0.4 is 10.1 Å². The van der Waals surface area contributed by atoms with Gasteiger partial charge in [0.15, 0.2) is 0 Å². The predicted octanol–water partition coefficient (Wildman–Crippen LogP) is 5.60. The van der Waals surface area contributed by atoms with E-state index in [1.807, 2.05) is 20.8 Å². The van der Waals surface area contributed by atoms with Crippen molar-refractivity contribution in [2.75, 3.05) is 0 Å². The van der Waals surface area contributed by atoms with E-state index in [1.165, 1.54) is 0 Å². The van der Waals surface area contributed by atoms with Gasteiger partial charge in [-0.1, -0.05) is 45.4 Å². The van der Waals surface area contributed by atoms with E-state index < -0.39 is 11.7 Å². The van der Waals surface area contributed by atoms with Gasteiger partial charge in [-0.15, -0.1) is 0 Å². The number of carbonyl (C=O) groups excluding carboxylic acids is 1. The summed E-state index contributed by atoms with van der Waals surface area (Å²) in [5.74, 6) is 0.615. The zero-order valence-electron chi connectivity index (χ0n) is 16.4. The minimum Gasteiger partial charge on any atom is -0.489 e. The molecule has 0 radical (unpaired) electrons. The third-order valence-corrected chi connectivity index (χ3v) is 5.10. The summed E-state index contributed by atoms with van der Waals surface area (Å²) in [6.45, 7) is 20.8. The molecular formula is C20H27ClN2O3. The maximum absolute atomic E-state index is 12.2. The van der Waals surface area contributed by atoms with Crippen LogP contribution in [0.2, 0.25) is 5.02 Å². The van der Waals surface area contributed by atoms with Gasteiger partial charge in [0.2, 0.25) is 5.69 Å². The molecule has 1 aliphatic rings. The number of benzene rings is 1. The fourth-order valence-corrected chi connectivity index (χ4v) is 4.23. The van der Waals surface area contributed by atoms with Gasteiger partial charge >= 0.3 is 6.09 Å². The van der Waals surface area contributed by atoms with Gasteiger partial charge in [0, 0.05) is 16.9 Å². The zero-order valence-corrected chi connectivity index (χ0v) is 17.2. The summed E-state index contributed by atoms with van der Waals surface area (Å²) in [5, 5.41) is 3.36. The summed E-state index contributed by atoms with van der Waals surface area (Å²) in [6, 6.07) is 4.96. The van der Waals surface area contributed by atoms with Crippen molar-refractivity contribution in [2.45, 2.75) is 66.2 Å². The molecular weight excluding hydrogens is 352 g/mol. The van der Waals surface area contributed by atoms with Crippen LogP contribution in [-0.2, 0) is 4.74 Å². The molecule has 6 heteroatoms. The lowest BCUT2D eigenvalue weighted by Crippen LogP contribution is -2.74. The molecule has 0 aliphatic heterocycles.